The van der Waals surface area contributed by atoms with Gasteiger partial charge in [-0.1, -0.05) is 0 Å². The summed E-state index contributed by atoms with van der Waals surface area (Å²) in [4.78, 5) is 15.5. The number of ether oxygens (including phenoxy) is 1. The fraction of sp³-hybridized carbons (Fsp3) is 0.364. The van der Waals surface area contributed by atoms with Gasteiger partial charge in [0, 0.05) is 6.20 Å². The number of carboxylic acids is 1. The lowest BCUT2D eigenvalue weighted by atomic mass is 10.1. The molecule has 0 spiro atoms. The second-order valence-electron chi connectivity index (χ2n) is 4.17. The first-order valence-electron chi connectivity index (χ1n) is 5.31. The standard InChI is InChI=1S/C11H11N3O3/c1-17-7-3-2-6-14-8(7)12-9(13-14)11(4-5-11)10(15)16/h2-3,6H,4-5H2,1H3,(H,15,16). The maximum atomic E-state index is 11.2. The van der Waals surface area contributed by atoms with Crippen molar-refractivity contribution in [3.8, 4) is 5.75 Å². The van der Waals surface area contributed by atoms with Gasteiger partial charge < -0.3 is 9.84 Å². The zero-order chi connectivity index (χ0) is 12.0. The van der Waals surface area contributed by atoms with Gasteiger partial charge in [0.2, 0.25) is 0 Å². The first kappa shape index (κ1) is 10.1. The van der Waals surface area contributed by atoms with Gasteiger partial charge in [0.25, 0.3) is 0 Å². The first-order chi connectivity index (χ1) is 8.17. The maximum absolute atomic E-state index is 11.2. The van der Waals surface area contributed by atoms with Crippen molar-refractivity contribution in [2.24, 2.45) is 0 Å². The number of fused-ring (bicyclic) bond motifs is 1. The minimum atomic E-state index is -0.878. The summed E-state index contributed by atoms with van der Waals surface area (Å²) in [6.07, 6.45) is 2.93. The fourth-order valence-corrected chi connectivity index (χ4v) is 1.90. The molecule has 3 rings (SSSR count). The van der Waals surface area contributed by atoms with Crippen molar-refractivity contribution in [1.82, 2.24) is 14.6 Å². The Morgan fingerprint density at radius 1 is 1.59 bits per heavy atom. The van der Waals surface area contributed by atoms with Crippen molar-refractivity contribution < 1.29 is 14.6 Å². The van der Waals surface area contributed by atoms with Crippen LogP contribution < -0.4 is 4.74 Å². The number of hydrogen-bond acceptors (Lipinski definition) is 4. The fourth-order valence-electron chi connectivity index (χ4n) is 1.90. The highest BCUT2D eigenvalue weighted by atomic mass is 16.5. The summed E-state index contributed by atoms with van der Waals surface area (Å²) in [5, 5.41) is 13.4. The lowest BCUT2D eigenvalue weighted by Gasteiger charge is -2.01. The molecular formula is C11H11N3O3. The van der Waals surface area contributed by atoms with Crippen LogP contribution in [0.15, 0.2) is 18.3 Å². The molecule has 0 bridgehead atoms. The summed E-state index contributed by atoms with van der Waals surface area (Å²) in [5.74, 6) is 0.106. The average Bonchev–Trinajstić information content (AvgIpc) is 3.02. The van der Waals surface area contributed by atoms with E-state index in [-0.39, 0.29) is 0 Å². The molecule has 2 aromatic heterocycles. The Morgan fingerprint density at radius 3 is 2.94 bits per heavy atom. The Morgan fingerprint density at radius 2 is 2.35 bits per heavy atom. The number of hydrogen-bond donors (Lipinski definition) is 1. The maximum Gasteiger partial charge on any atom is 0.317 e. The molecule has 6 heteroatoms. The molecule has 0 aromatic carbocycles. The van der Waals surface area contributed by atoms with E-state index < -0.39 is 11.4 Å². The lowest BCUT2D eigenvalue weighted by molar-refractivity contribution is -0.140. The SMILES string of the molecule is COc1cccn2nc(C3(C(=O)O)CC3)nc12. The molecule has 2 aromatic rings. The molecule has 0 saturated heterocycles. The molecule has 1 aliphatic carbocycles. The van der Waals surface area contributed by atoms with E-state index in [1.54, 1.807) is 30.0 Å². The van der Waals surface area contributed by atoms with Crippen LogP contribution >= 0.6 is 0 Å². The molecule has 2 heterocycles. The largest absolute Gasteiger partial charge is 0.493 e. The van der Waals surface area contributed by atoms with E-state index in [4.69, 9.17) is 4.74 Å². The predicted octanol–water partition coefficient (Wildman–Crippen LogP) is 0.854. The summed E-state index contributed by atoms with van der Waals surface area (Å²) < 4.78 is 6.72. The van der Waals surface area contributed by atoms with Crippen LogP contribution in [0.2, 0.25) is 0 Å². The van der Waals surface area contributed by atoms with Crippen LogP contribution in [0.1, 0.15) is 18.7 Å². The van der Waals surface area contributed by atoms with Gasteiger partial charge in [0.05, 0.1) is 7.11 Å². The van der Waals surface area contributed by atoms with Crippen molar-refractivity contribution in [3.63, 3.8) is 0 Å². The summed E-state index contributed by atoms with van der Waals surface area (Å²) in [5.41, 5.74) is -0.325. The normalized spacial score (nSPS) is 17.0. The van der Waals surface area contributed by atoms with Gasteiger partial charge in [0.1, 0.15) is 5.41 Å². The summed E-state index contributed by atoms with van der Waals surface area (Å²) >= 11 is 0. The minimum absolute atomic E-state index is 0.370. The molecule has 1 saturated carbocycles. The van der Waals surface area contributed by atoms with Crippen molar-refractivity contribution >= 4 is 11.6 Å². The van der Waals surface area contributed by atoms with Gasteiger partial charge in [0.15, 0.2) is 17.2 Å². The van der Waals surface area contributed by atoms with Crippen LogP contribution in [0.25, 0.3) is 5.65 Å². The molecule has 0 radical (unpaired) electrons. The van der Waals surface area contributed by atoms with Gasteiger partial charge >= 0.3 is 5.97 Å². The van der Waals surface area contributed by atoms with Crippen LogP contribution in [-0.2, 0) is 10.2 Å². The molecule has 1 N–H and O–H groups in total. The molecule has 0 unspecified atom stereocenters. The van der Waals surface area contributed by atoms with Gasteiger partial charge in [-0.05, 0) is 25.0 Å². The monoisotopic (exact) mass is 233 g/mol. The predicted molar refractivity (Wildman–Crippen MR) is 58.1 cm³/mol. The Kier molecular flexibility index (Phi) is 1.89. The number of carbonyl (C=O) groups is 1. The first-order valence-corrected chi connectivity index (χ1v) is 5.31. The van der Waals surface area contributed by atoms with E-state index in [0.29, 0.717) is 30.1 Å². The lowest BCUT2D eigenvalue weighted by Crippen LogP contribution is -2.21. The van der Waals surface area contributed by atoms with Crippen LogP contribution in [0, 0.1) is 0 Å². The second-order valence-corrected chi connectivity index (χ2v) is 4.17. The Labute approximate surface area is 96.8 Å². The molecule has 0 aliphatic heterocycles. The number of methoxy groups -OCH3 is 1. The summed E-state index contributed by atoms with van der Waals surface area (Å²) in [6.45, 7) is 0. The summed E-state index contributed by atoms with van der Waals surface area (Å²) in [7, 11) is 1.55. The number of carboxylic acid groups (broad SMARTS) is 1. The summed E-state index contributed by atoms with van der Waals surface area (Å²) in [6, 6.07) is 3.55. The van der Waals surface area contributed by atoms with Crippen molar-refractivity contribution in [1.29, 1.82) is 0 Å². The quantitative estimate of drug-likeness (QED) is 0.850. The van der Waals surface area contributed by atoms with E-state index >= 15 is 0 Å². The number of rotatable bonds is 3. The van der Waals surface area contributed by atoms with E-state index in [1.807, 2.05) is 0 Å². The molecule has 0 atom stereocenters. The van der Waals surface area contributed by atoms with Crippen LogP contribution in [0.3, 0.4) is 0 Å². The number of pyridine rings is 1. The van der Waals surface area contributed by atoms with E-state index in [1.165, 1.54) is 0 Å². The van der Waals surface area contributed by atoms with E-state index in [0.717, 1.165) is 0 Å². The van der Waals surface area contributed by atoms with Gasteiger partial charge in [-0.25, -0.2) is 9.50 Å². The Balaban J connectivity index is 2.17. The topological polar surface area (TPSA) is 76.7 Å². The number of nitrogens with zero attached hydrogens (tertiary/aromatic N) is 3. The highest BCUT2D eigenvalue weighted by Gasteiger charge is 2.55. The number of aromatic nitrogens is 3. The molecule has 88 valence electrons. The third-order valence-corrected chi connectivity index (χ3v) is 3.13. The van der Waals surface area contributed by atoms with Gasteiger partial charge in [-0.15, -0.1) is 5.10 Å². The molecule has 0 amide bonds. The minimum Gasteiger partial charge on any atom is -0.493 e. The second kappa shape index (κ2) is 3.19. The molecule has 6 nitrogen and oxygen atoms in total. The molecule has 17 heavy (non-hydrogen) atoms. The highest BCUT2D eigenvalue weighted by molar-refractivity contribution is 5.83. The zero-order valence-electron chi connectivity index (χ0n) is 9.25. The Bertz CT molecular complexity index is 601. The van der Waals surface area contributed by atoms with Crippen molar-refractivity contribution in [2.45, 2.75) is 18.3 Å². The zero-order valence-corrected chi connectivity index (χ0v) is 9.25. The van der Waals surface area contributed by atoms with E-state index in [9.17, 15) is 9.90 Å². The number of aliphatic carboxylic acids is 1. The molecule has 1 fully saturated rings. The van der Waals surface area contributed by atoms with Crippen LogP contribution in [0.4, 0.5) is 0 Å². The van der Waals surface area contributed by atoms with Crippen LogP contribution in [-0.4, -0.2) is 32.8 Å². The Hall–Kier alpha value is -2.11. The van der Waals surface area contributed by atoms with Crippen molar-refractivity contribution in [3.05, 3.63) is 24.2 Å². The van der Waals surface area contributed by atoms with Crippen molar-refractivity contribution in [2.75, 3.05) is 7.11 Å². The van der Waals surface area contributed by atoms with Gasteiger partial charge in [-0.3, -0.25) is 4.79 Å². The molecule has 1 aliphatic rings. The highest BCUT2D eigenvalue weighted by Crippen LogP contribution is 2.47. The third kappa shape index (κ3) is 1.30. The molecular weight excluding hydrogens is 222 g/mol. The van der Waals surface area contributed by atoms with Gasteiger partial charge in [-0.2, -0.15) is 0 Å². The average molecular weight is 233 g/mol. The van der Waals surface area contributed by atoms with Crippen LogP contribution in [0.5, 0.6) is 5.75 Å². The van der Waals surface area contributed by atoms with E-state index in [2.05, 4.69) is 10.1 Å². The smallest absolute Gasteiger partial charge is 0.317 e. The third-order valence-electron chi connectivity index (χ3n) is 3.13.